The van der Waals surface area contributed by atoms with Crippen molar-refractivity contribution in [3.8, 4) is 10.6 Å². The summed E-state index contributed by atoms with van der Waals surface area (Å²) in [5, 5.41) is 10.7. The number of aromatic nitrogens is 1. The Hall–Kier alpha value is -0.620. The van der Waals surface area contributed by atoms with E-state index in [0.29, 0.717) is 19.2 Å². The lowest BCUT2D eigenvalue weighted by atomic mass is 10.3. The van der Waals surface area contributed by atoms with Crippen LogP contribution >= 0.6 is 45.9 Å². The SMILES string of the molecule is O=C(O)c1csc(-c2cc(Cl)sc2Cl)n1. The number of thiazole rings is 1. The number of hydrogen-bond donors (Lipinski definition) is 1. The number of carboxylic acids is 1. The summed E-state index contributed by atoms with van der Waals surface area (Å²) in [5.41, 5.74) is 0.706. The standard InChI is InChI=1S/C8H3Cl2NO2S2/c9-5-1-3(6(10)15-5)7-11-4(2-14-7)8(12)13/h1-2H,(H,12,13). The van der Waals surface area contributed by atoms with E-state index in [4.69, 9.17) is 28.3 Å². The maximum atomic E-state index is 10.6. The van der Waals surface area contributed by atoms with Crippen LogP contribution in [-0.4, -0.2) is 16.1 Å². The second-order valence-corrected chi connectivity index (χ2v) is 5.72. The van der Waals surface area contributed by atoms with Crippen LogP contribution in [0.3, 0.4) is 0 Å². The predicted molar refractivity (Wildman–Crippen MR) is 62.4 cm³/mol. The molecule has 2 aromatic rings. The van der Waals surface area contributed by atoms with Gasteiger partial charge in [-0.1, -0.05) is 23.2 Å². The van der Waals surface area contributed by atoms with Gasteiger partial charge in [0, 0.05) is 10.9 Å². The fraction of sp³-hybridized carbons (Fsp3) is 0. The summed E-state index contributed by atoms with van der Waals surface area (Å²) in [5.74, 6) is -1.05. The number of thiophene rings is 1. The second-order valence-electron chi connectivity index (χ2n) is 2.58. The summed E-state index contributed by atoms with van der Waals surface area (Å²) in [4.78, 5) is 14.6. The fourth-order valence-corrected chi connectivity index (χ4v) is 3.38. The highest BCUT2D eigenvalue weighted by Gasteiger charge is 2.14. The normalized spacial score (nSPS) is 10.5. The third kappa shape index (κ3) is 2.15. The summed E-state index contributed by atoms with van der Waals surface area (Å²) in [6.07, 6.45) is 0. The Morgan fingerprint density at radius 3 is 2.67 bits per heavy atom. The highest BCUT2D eigenvalue weighted by Crippen LogP contribution is 2.39. The van der Waals surface area contributed by atoms with E-state index in [1.54, 1.807) is 6.07 Å². The lowest BCUT2D eigenvalue weighted by Crippen LogP contribution is -1.95. The Morgan fingerprint density at radius 2 is 2.20 bits per heavy atom. The third-order valence-corrected chi connectivity index (χ3v) is 3.97. The molecule has 2 heterocycles. The molecule has 3 nitrogen and oxygen atoms in total. The molecule has 0 spiro atoms. The largest absolute Gasteiger partial charge is 0.476 e. The quantitative estimate of drug-likeness (QED) is 0.908. The first-order valence-corrected chi connectivity index (χ1v) is 6.17. The van der Waals surface area contributed by atoms with Crippen molar-refractivity contribution in [2.24, 2.45) is 0 Å². The fourth-order valence-electron chi connectivity index (χ4n) is 0.982. The van der Waals surface area contributed by atoms with Crippen LogP contribution in [0.5, 0.6) is 0 Å². The zero-order valence-electron chi connectivity index (χ0n) is 7.03. The molecule has 0 bridgehead atoms. The lowest BCUT2D eigenvalue weighted by Gasteiger charge is -1.89. The zero-order valence-corrected chi connectivity index (χ0v) is 10.2. The van der Waals surface area contributed by atoms with Gasteiger partial charge >= 0.3 is 5.97 Å². The first kappa shape index (κ1) is 10.9. The van der Waals surface area contributed by atoms with E-state index in [1.165, 1.54) is 28.1 Å². The number of aromatic carboxylic acids is 1. The molecule has 0 aromatic carbocycles. The van der Waals surface area contributed by atoms with E-state index in [0.717, 1.165) is 0 Å². The van der Waals surface area contributed by atoms with Gasteiger partial charge in [-0.05, 0) is 6.07 Å². The monoisotopic (exact) mass is 279 g/mol. The van der Waals surface area contributed by atoms with Crippen LogP contribution in [0.1, 0.15) is 10.5 Å². The van der Waals surface area contributed by atoms with Crippen molar-refractivity contribution in [2.45, 2.75) is 0 Å². The predicted octanol–water partition coefficient (Wildman–Crippen LogP) is 3.88. The van der Waals surface area contributed by atoms with Gasteiger partial charge in [0.1, 0.15) is 9.34 Å². The average molecular weight is 280 g/mol. The van der Waals surface area contributed by atoms with E-state index in [2.05, 4.69) is 4.98 Å². The van der Waals surface area contributed by atoms with Gasteiger partial charge in [-0.25, -0.2) is 9.78 Å². The maximum Gasteiger partial charge on any atom is 0.355 e. The van der Waals surface area contributed by atoms with Gasteiger partial charge in [0.25, 0.3) is 0 Å². The number of rotatable bonds is 2. The topological polar surface area (TPSA) is 50.2 Å². The number of nitrogens with zero attached hydrogens (tertiary/aromatic N) is 1. The van der Waals surface area contributed by atoms with Gasteiger partial charge in [-0.2, -0.15) is 0 Å². The molecule has 15 heavy (non-hydrogen) atoms. The summed E-state index contributed by atoms with van der Waals surface area (Å²) in [6, 6.07) is 1.68. The van der Waals surface area contributed by atoms with Gasteiger partial charge in [-0.15, -0.1) is 22.7 Å². The van der Waals surface area contributed by atoms with Crippen LogP contribution in [-0.2, 0) is 0 Å². The van der Waals surface area contributed by atoms with Crippen LogP contribution in [0, 0.1) is 0 Å². The molecule has 2 rings (SSSR count). The van der Waals surface area contributed by atoms with Crippen LogP contribution < -0.4 is 0 Å². The van der Waals surface area contributed by atoms with Gasteiger partial charge < -0.3 is 5.11 Å². The van der Waals surface area contributed by atoms with E-state index in [-0.39, 0.29) is 5.69 Å². The molecule has 0 radical (unpaired) electrons. The molecule has 0 aliphatic heterocycles. The van der Waals surface area contributed by atoms with Gasteiger partial charge in [0.15, 0.2) is 5.69 Å². The average Bonchev–Trinajstić information content (AvgIpc) is 2.71. The Bertz CT molecular complexity index is 520. The van der Waals surface area contributed by atoms with Crippen molar-refractivity contribution in [2.75, 3.05) is 0 Å². The highest BCUT2D eigenvalue weighted by atomic mass is 35.5. The molecule has 0 saturated carbocycles. The van der Waals surface area contributed by atoms with Crippen LogP contribution in [0.15, 0.2) is 11.4 Å². The Morgan fingerprint density at radius 1 is 1.47 bits per heavy atom. The molecule has 0 aliphatic carbocycles. The molecule has 0 aliphatic rings. The van der Waals surface area contributed by atoms with Crippen LogP contribution in [0.25, 0.3) is 10.6 Å². The second kappa shape index (κ2) is 4.09. The smallest absolute Gasteiger partial charge is 0.355 e. The molecule has 1 N–H and O–H groups in total. The minimum atomic E-state index is -1.05. The minimum absolute atomic E-state index is 0.0217. The van der Waals surface area contributed by atoms with E-state index >= 15 is 0 Å². The molecule has 0 unspecified atom stereocenters. The molecule has 0 atom stereocenters. The van der Waals surface area contributed by atoms with Crippen LogP contribution in [0.2, 0.25) is 8.67 Å². The first-order chi connectivity index (χ1) is 7.08. The Kier molecular flexibility index (Phi) is 2.97. The lowest BCUT2D eigenvalue weighted by molar-refractivity contribution is 0.0691. The first-order valence-electron chi connectivity index (χ1n) is 3.72. The molecule has 0 saturated heterocycles. The number of carboxylic acid groups (broad SMARTS) is 1. The summed E-state index contributed by atoms with van der Waals surface area (Å²) >= 11 is 14.2. The van der Waals surface area contributed by atoms with Crippen molar-refractivity contribution < 1.29 is 9.90 Å². The number of hydrogen-bond acceptors (Lipinski definition) is 4. The maximum absolute atomic E-state index is 10.6. The Balaban J connectivity index is 2.45. The Labute approximate surface area is 103 Å². The van der Waals surface area contributed by atoms with Crippen molar-refractivity contribution >= 4 is 51.8 Å². The zero-order chi connectivity index (χ0) is 11.0. The summed E-state index contributed by atoms with van der Waals surface area (Å²) < 4.78 is 1.08. The molecular formula is C8H3Cl2NO2S2. The number of halogens is 2. The summed E-state index contributed by atoms with van der Waals surface area (Å²) in [7, 11) is 0. The van der Waals surface area contributed by atoms with Crippen molar-refractivity contribution in [1.82, 2.24) is 4.98 Å². The third-order valence-electron chi connectivity index (χ3n) is 1.61. The molecule has 78 valence electrons. The minimum Gasteiger partial charge on any atom is -0.476 e. The van der Waals surface area contributed by atoms with Gasteiger partial charge in [0.05, 0.1) is 4.34 Å². The van der Waals surface area contributed by atoms with E-state index < -0.39 is 5.97 Å². The van der Waals surface area contributed by atoms with E-state index in [1.807, 2.05) is 0 Å². The molecule has 7 heteroatoms. The van der Waals surface area contributed by atoms with Crippen molar-refractivity contribution in [3.63, 3.8) is 0 Å². The molecule has 0 fully saturated rings. The van der Waals surface area contributed by atoms with Crippen LogP contribution in [0.4, 0.5) is 0 Å². The molecule has 0 amide bonds. The van der Waals surface area contributed by atoms with Crippen molar-refractivity contribution in [1.29, 1.82) is 0 Å². The van der Waals surface area contributed by atoms with Crippen molar-refractivity contribution in [3.05, 3.63) is 25.8 Å². The van der Waals surface area contributed by atoms with E-state index in [9.17, 15) is 4.79 Å². The van der Waals surface area contributed by atoms with Gasteiger partial charge in [-0.3, -0.25) is 0 Å². The molecule has 2 aromatic heterocycles. The number of carbonyl (C=O) groups is 1. The summed E-state index contributed by atoms with van der Waals surface area (Å²) in [6.45, 7) is 0. The van der Waals surface area contributed by atoms with Gasteiger partial charge in [0.2, 0.25) is 0 Å². The highest BCUT2D eigenvalue weighted by molar-refractivity contribution is 7.21. The molecular weight excluding hydrogens is 277 g/mol.